The summed E-state index contributed by atoms with van der Waals surface area (Å²) >= 11 is 0. The lowest BCUT2D eigenvalue weighted by atomic mass is 9.81. The molecular formula is C25H38N8O2S. The van der Waals surface area contributed by atoms with Crippen LogP contribution in [0.5, 0.6) is 0 Å². The molecule has 3 atom stereocenters. The topological polar surface area (TPSA) is 98.7 Å². The van der Waals surface area contributed by atoms with Gasteiger partial charge in [0.05, 0.1) is 0 Å². The molecule has 5 rings (SSSR count). The van der Waals surface area contributed by atoms with E-state index in [0.717, 1.165) is 45.3 Å². The van der Waals surface area contributed by atoms with Gasteiger partial charge in [0.15, 0.2) is 21.3 Å². The summed E-state index contributed by atoms with van der Waals surface area (Å²) in [7, 11) is -1.24. The molecule has 11 heteroatoms. The number of nitrogens with zero attached hydrogens (tertiary/aromatic N) is 8. The van der Waals surface area contributed by atoms with Crippen LogP contribution in [0.25, 0.3) is 0 Å². The van der Waals surface area contributed by atoms with Crippen LogP contribution in [0.3, 0.4) is 0 Å². The van der Waals surface area contributed by atoms with E-state index in [2.05, 4.69) is 43.5 Å². The van der Waals surface area contributed by atoms with Gasteiger partial charge in [-0.3, -0.25) is 14.7 Å². The van der Waals surface area contributed by atoms with E-state index in [0.29, 0.717) is 31.3 Å². The summed E-state index contributed by atoms with van der Waals surface area (Å²) in [6.07, 6.45) is 14.2. The molecule has 2 aromatic rings. The summed E-state index contributed by atoms with van der Waals surface area (Å²) in [5.41, 5.74) is -1.68. The van der Waals surface area contributed by atoms with E-state index < -0.39 is 26.5 Å². The van der Waals surface area contributed by atoms with Crippen LogP contribution >= 0.6 is 0 Å². The van der Waals surface area contributed by atoms with Gasteiger partial charge in [-0.15, -0.1) is 0 Å². The molecule has 0 bridgehead atoms. The zero-order valence-electron chi connectivity index (χ0n) is 21.6. The fraction of sp³-hybridized carbons (Fsp3) is 0.680. The molecule has 3 saturated heterocycles. The van der Waals surface area contributed by atoms with Crippen LogP contribution in [0.2, 0.25) is 0 Å². The van der Waals surface area contributed by atoms with Gasteiger partial charge in [-0.05, 0) is 58.2 Å². The van der Waals surface area contributed by atoms with Crippen molar-refractivity contribution in [3.05, 3.63) is 42.7 Å². The van der Waals surface area contributed by atoms with Gasteiger partial charge in [-0.1, -0.05) is 6.42 Å². The third kappa shape index (κ3) is 4.00. The molecule has 0 radical (unpaired) electrons. The SMILES string of the molecule is CN1CCN(c2ncccn2)C(C)(N2CCCCC2S(C)(=O)=O)C1(c1ncccn1)N1CCCCC1. The molecule has 3 aliphatic rings. The first kappa shape index (κ1) is 25.4. The van der Waals surface area contributed by atoms with Crippen molar-refractivity contribution in [3.63, 3.8) is 0 Å². The average Bonchev–Trinajstić information content (AvgIpc) is 2.90. The van der Waals surface area contributed by atoms with E-state index in [1.165, 1.54) is 12.7 Å². The molecule has 0 N–H and O–H groups in total. The molecule has 10 nitrogen and oxygen atoms in total. The number of likely N-dealkylation sites (N-methyl/N-ethyl adjacent to an activating group) is 1. The third-order valence-electron chi connectivity index (χ3n) is 8.38. The molecule has 36 heavy (non-hydrogen) atoms. The Morgan fingerprint density at radius 1 is 0.833 bits per heavy atom. The van der Waals surface area contributed by atoms with Crippen LogP contribution in [0, 0.1) is 0 Å². The molecule has 2 aromatic heterocycles. The molecule has 0 amide bonds. The zero-order valence-corrected chi connectivity index (χ0v) is 22.4. The highest BCUT2D eigenvalue weighted by Gasteiger charge is 2.67. The maximum atomic E-state index is 13.3. The van der Waals surface area contributed by atoms with Gasteiger partial charge in [-0.2, -0.15) is 0 Å². The summed E-state index contributed by atoms with van der Waals surface area (Å²) in [6.45, 7) is 6.01. The number of hydrogen-bond donors (Lipinski definition) is 0. The van der Waals surface area contributed by atoms with Gasteiger partial charge in [0.2, 0.25) is 5.95 Å². The van der Waals surface area contributed by atoms with E-state index in [1.807, 2.05) is 12.1 Å². The molecule has 3 aliphatic heterocycles. The second kappa shape index (κ2) is 9.92. The van der Waals surface area contributed by atoms with Crippen molar-refractivity contribution in [2.24, 2.45) is 0 Å². The molecule has 3 fully saturated rings. The highest BCUT2D eigenvalue weighted by Crippen LogP contribution is 2.51. The molecule has 0 aromatic carbocycles. The largest absolute Gasteiger partial charge is 0.318 e. The summed E-state index contributed by atoms with van der Waals surface area (Å²) in [6, 6.07) is 3.65. The normalized spacial score (nSPS) is 31.4. The molecular weight excluding hydrogens is 476 g/mol. The van der Waals surface area contributed by atoms with Crippen molar-refractivity contribution in [2.45, 2.75) is 62.1 Å². The van der Waals surface area contributed by atoms with Gasteiger partial charge in [0.1, 0.15) is 11.0 Å². The van der Waals surface area contributed by atoms with Crippen molar-refractivity contribution < 1.29 is 8.42 Å². The molecule has 3 unspecified atom stereocenters. The van der Waals surface area contributed by atoms with Gasteiger partial charge in [0.25, 0.3) is 0 Å². The predicted molar refractivity (Wildman–Crippen MR) is 139 cm³/mol. The maximum Gasteiger partial charge on any atom is 0.226 e. The lowest BCUT2D eigenvalue weighted by molar-refractivity contribution is -0.191. The molecule has 0 saturated carbocycles. The van der Waals surface area contributed by atoms with Crippen molar-refractivity contribution in [1.82, 2.24) is 34.6 Å². The first-order valence-electron chi connectivity index (χ1n) is 13.1. The Hall–Kier alpha value is -2.21. The lowest BCUT2D eigenvalue weighted by Crippen LogP contribution is -2.84. The Balaban J connectivity index is 1.82. The van der Waals surface area contributed by atoms with Crippen LogP contribution < -0.4 is 4.90 Å². The Bertz CT molecular complexity index is 1130. The summed E-state index contributed by atoms with van der Waals surface area (Å²) in [4.78, 5) is 28.4. The summed E-state index contributed by atoms with van der Waals surface area (Å²) in [5.74, 6) is 1.29. The van der Waals surface area contributed by atoms with E-state index in [-0.39, 0.29) is 0 Å². The van der Waals surface area contributed by atoms with Crippen LogP contribution in [0.1, 0.15) is 51.3 Å². The highest BCUT2D eigenvalue weighted by molar-refractivity contribution is 7.91. The zero-order chi connectivity index (χ0) is 25.4. The second-order valence-electron chi connectivity index (χ2n) is 10.4. The number of aromatic nitrogens is 4. The smallest absolute Gasteiger partial charge is 0.226 e. The lowest BCUT2D eigenvalue weighted by Gasteiger charge is -2.68. The minimum absolute atomic E-state index is 0.600. The average molecular weight is 515 g/mol. The van der Waals surface area contributed by atoms with Gasteiger partial charge in [0, 0.05) is 63.8 Å². The van der Waals surface area contributed by atoms with Crippen LogP contribution in [0.4, 0.5) is 5.95 Å². The Labute approximate surface area is 214 Å². The van der Waals surface area contributed by atoms with Crippen molar-refractivity contribution >= 4 is 15.8 Å². The van der Waals surface area contributed by atoms with Gasteiger partial charge < -0.3 is 4.90 Å². The van der Waals surface area contributed by atoms with Crippen LogP contribution in [0.15, 0.2) is 36.9 Å². The molecule has 0 spiro atoms. The summed E-state index contributed by atoms with van der Waals surface area (Å²) < 4.78 is 26.6. The van der Waals surface area contributed by atoms with Gasteiger partial charge >= 0.3 is 0 Å². The minimum Gasteiger partial charge on any atom is -0.318 e. The number of hydrogen-bond acceptors (Lipinski definition) is 10. The van der Waals surface area contributed by atoms with E-state index >= 15 is 0 Å². The molecule has 5 heterocycles. The monoisotopic (exact) mass is 514 g/mol. The Morgan fingerprint density at radius 2 is 1.44 bits per heavy atom. The number of likely N-dealkylation sites (tertiary alicyclic amines) is 2. The van der Waals surface area contributed by atoms with E-state index in [9.17, 15) is 8.42 Å². The fourth-order valence-electron chi connectivity index (χ4n) is 6.87. The van der Waals surface area contributed by atoms with Crippen LogP contribution in [-0.4, -0.2) is 100 Å². The fourth-order valence-corrected chi connectivity index (χ4v) is 8.23. The van der Waals surface area contributed by atoms with Crippen LogP contribution in [-0.2, 0) is 15.5 Å². The van der Waals surface area contributed by atoms with E-state index in [4.69, 9.17) is 9.97 Å². The third-order valence-corrected chi connectivity index (χ3v) is 9.86. The van der Waals surface area contributed by atoms with Crippen molar-refractivity contribution in [1.29, 1.82) is 0 Å². The minimum atomic E-state index is -3.37. The first-order chi connectivity index (χ1) is 17.3. The molecule has 0 aliphatic carbocycles. The second-order valence-corrected chi connectivity index (χ2v) is 12.6. The Kier molecular flexibility index (Phi) is 7.01. The quantitative estimate of drug-likeness (QED) is 0.589. The number of piperidine rings is 2. The number of rotatable bonds is 5. The predicted octanol–water partition coefficient (Wildman–Crippen LogP) is 1.93. The highest BCUT2D eigenvalue weighted by atomic mass is 32.2. The van der Waals surface area contributed by atoms with Crippen molar-refractivity contribution in [2.75, 3.05) is 50.9 Å². The standard InChI is InChI=1S/C25H38N8O2S/c1-24(32-18-8-5-11-21(32)36(3,34)35)25(22-26-12-9-13-27-22,31-16-6-4-7-17-31)30(2)19-20-33(24)23-28-14-10-15-29-23/h9-10,12-15,21H,4-8,11,16-20H2,1-3H3. The number of anilines is 1. The number of sulfone groups is 1. The molecule has 196 valence electrons. The Morgan fingerprint density at radius 3 is 2.08 bits per heavy atom. The first-order valence-corrected chi connectivity index (χ1v) is 15.0. The van der Waals surface area contributed by atoms with E-state index in [1.54, 1.807) is 24.8 Å². The van der Waals surface area contributed by atoms with Gasteiger partial charge in [-0.25, -0.2) is 28.4 Å². The summed E-state index contributed by atoms with van der Waals surface area (Å²) in [5, 5.41) is -0.609. The van der Waals surface area contributed by atoms with Crippen molar-refractivity contribution in [3.8, 4) is 0 Å². The number of piperazine rings is 1. The maximum absolute atomic E-state index is 13.3.